The smallest absolute Gasteiger partial charge is 0.306 e. The minimum atomic E-state index is -0.442. The summed E-state index contributed by atoms with van der Waals surface area (Å²) < 4.78 is 10.2. The van der Waals surface area contributed by atoms with Crippen molar-refractivity contribution in [2.75, 3.05) is 19.0 Å². The summed E-state index contributed by atoms with van der Waals surface area (Å²) in [5.74, 6) is -0.127. The molecule has 0 aliphatic rings. The van der Waals surface area contributed by atoms with E-state index in [1.54, 1.807) is 25.3 Å². The molecule has 6 heteroatoms. The molecule has 1 amide bonds. The fourth-order valence-electron chi connectivity index (χ4n) is 2.23. The molecule has 2 aromatic rings. The van der Waals surface area contributed by atoms with E-state index in [1.807, 2.05) is 31.2 Å². The number of anilines is 1. The lowest BCUT2D eigenvalue weighted by Gasteiger charge is -2.09. The Morgan fingerprint density at radius 2 is 1.92 bits per heavy atom. The molecule has 0 heterocycles. The summed E-state index contributed by atoms with van der Waals surface area (Å²) in [7, 11) is 1.58. The van der Waals surface area contributed by atoms with E-state index in [1.165, 1.54) is 0 Å². The number of hydrogen-bond acceptors (Lipinski definition) is 4. The predicted octanol–water partition coefficient (Wildman–Crippen LogP) is 3.77. The Labute approximate surface area is 151 Å². The van der Waals surface area contributed by atoms with Gasteiger partial charge in [-0.05, 0) is 42.7 Å². The van der Waals surface area contributed by atoms with Gasteiger partial charge in [0.15, 0.2) is 6.61 Å². The van der Waals surface area contributed by atoms with E-state index < -0.39 is 11.9 Å². The van der Waals surface area contributed by atoms with Crippen molar-refractivity contribution in [2.24, 2.45) is 0 Å². The van der Waals surface area contributed by atoms with Crippen molar-refractivity contribution in [1.29, 1.82) is 0 Å². The second-order valence-electron chi connectivity index (χ2n) is 5.48. The number of benzene rings is 2. The van der Waals surface area contributed by atoms with Crippen LogP contribution in [0.3, 0.4) is 0 Å². The molecule has 0 atom stereocenters. The van der Waals surface area contributed by atoms with E-state index in [2.05, 4.69) is 5.32 Å². The fourth-order valence-corrected chi connectivity index (χ4v) is 2.41. The fraction of sp³-hybridized carbons (Fsp3) is 0.263. The molecule has 2 aromatic carbocycles. The van der Waals surface area contributed by atoms with Crippen LogP contribution in [0.25, 0.3) is 0 Å². The van der Waals surface area contributed by atoms with Crippen molar-refractivity contribution in [1.82, 2.24) is 0 Å². The summed E-state index contributed by atoms with van der Waals surface area (Å²) in [5.41, 5.74) is 2.40. The number of nitrogens with one attached hydrogen (secondary N) is 1. The third kappa shape index (κ3) is 5.80. The standard InChI is InChI=1S/C19H20ClNO4/c1-13-7-9-15(11-16(13)20)21-18(22)12-25-19(23)10-8-14-5-3-4-6-17(14)24-2/h3-7,9,11H,8,10,12H2,1-2H3,(H,21,22). The lowest BCUT2D eigenvalue weighted by atomic mass is 10.1. The van der Waals surface area contributed by atoms with E-state index >= 15 is 0 Å². The Morgan fingerprint density at radius 3 is 2.64 bits per heavy atom. The number of esters is 1. The number of aryl methyl sites for hydroxylation is 2. The number of rotatable bonds is 7. The zero-order chi connectivity index (χ0) is 18.2. The molecule has 2 rings (SSSR count). The van der Waals surface area contributed by atoms with Gasteiger partial charge in [-0.2, -0.15) is 0 Å². The average Bonchev–Trinajstić information content (AvgIpc) is 2.61. The van der Waals surface area contributed by atoms with Gasteiger partial charge in [0.25, 0.3) is 5.91 Å². The van der Waals surface area contributed by atoms with Crippen LogP contribution in [-0.4, -0.2) is 25.6 Å². The zero-order valence-electron chi connectivity index (χ0n) is 14.2. The topological polar surface area (TPSA) is 64.6 Å². The molecule has 0 fully saturated rings. The minimum Gasteiger partial charge on any atom is -0.496 e. The van der Waals surface area contributed by atoms with Crippen molar-refractivity contribution in [3.63, 3.8) is 0 Å². The van der Waals surface area contributed by atoms with Crippen LogP contribution in [0.15, 0.2) is 42.5 Å². The summed E-state index contributed by atoms with van der Waals surface area (Å²) in [5, 5.41) is 3.20. The number of hydrogen-bond donors (Lipinski definition) is 1. The van der Waals surface area contributed by atoms with Crippen LogP contribution >= 0.6 is 11.6 Å². The number of halogens is 1. The highest BCUT2D eigenvalue weighted by atomic mass is 35.5. The van der Waals surface area contributed by atoms with Crippen LogP contribution in [0.2, 0.25) is 5.02 Å². The second kappa shape index (κ2) is 9.08. The highest BCUT2D eigenvalue weighted by Gasteiger charge is 2.10. The quantitative estimate of drug-likeness (QED) is 0.762. The first-order chi connectivity index (χ1) is 12.0. The van der Waals surface area contributed by atoms with Gasteiger partial charge in [0.1, 0.15) is 5.75 Å². The zero-order valence-corrected chi connectivity index (χ0v) is 14.9. The number of methoxy groups -OCH3 is 1. The van der Waals surface area contributed by atoms with Crippen molar-refractivity contribution in [2.45, 2.75) is 19.8 Å². The molecule has 0 saturated heterocycles. The van der Waals surface area contributed by atoms with Crippen molar-refractivity contribution >= 4 is 29.2 Å². The maximum atomic E-state index is 11.8. The van der Waals surface area contributed by atoms with Gasteiger partial charge in [0.05, 0.1) is 7.11 Å². The van der Waals surface area contributed by atoms with Crippen molar-refractivity contribution < 1.29 is 19.1 Å². The van der Waals surface area contributed by atoms with Gasteiger partial charge in [-0.3, -0.25) is 9.59 Å². The second-order valence-corrected chi connectivity index (χ2v) is 5.89. The third-order valence-electron chi connectivity index (χ3n) is 3.61. The van der Waals surface area contributed by atoms with E-state index in [4.69, 9.17) is 21.1 Å². The maximum absolute atomic E-state index is 11.8. The molecule has 25 heavy (non-hydrogen) atoms. The van der Waals surface area contributed by atoms with Gasteiger partial charge in [0, 0.05) is 17.1 Å². The Hall–Kier alpha value is -2.53. The summed E-state index contributed by atoms with van der Waals surface area (Å²) in [6.07, 6.45) is 0.655. The van der Waals surface area contributed by atoms with Gasteiger partial charge >= 0.3 is 5.97 Å². The molecule has 0 unspecified atom stereocenters. The normalized spacial score (nSPS) is 10.2. The largest absolute Gasteiger partial charge is 0.496 e. The first kappa shape index (κ1) is 18.8. The molecule has 0 spiro atoms. The molecule has 5 nitrogen and oxygen atoms in total. The van der Waals surface area contributed by atoms with E-state index in [-0.39, 0.29) is 13.0 Å². The van der Waals surface area contributed by atoms with E-state index in [9.17, 15) is 9.59 Å². The van der Waals surface area contributed by atoms with Gasteiger partial charge in [0.2, 0.25) is 0 Å². The Morgan fingerprint density at radius 1 is 1.16 bits per heavy atom. The molecule has 0 aliphatic carbocycles. The SMILES string of the molecule is COc1ccccc1CCC(=O)OCC(=O)Nc1ccc(C)c(Cl)c1. The highest BCUT2D eigenvalue weighted by Crippen LogP contribution is 2.20. The summed E-state index contributed by atoms with van der Waals surface area (Å²) in [4.78, 5) is 23.6. The maximum Gasteiger partial charge on any atom is 0.306 e. The average molecular weight is 362 g/mol. The van der Waals surface area contributed by atoms with Crippen LogP contribution in [0, 0.1) is 6.92 Å². The molecular weight excluding hydrogens is 342 g/mol. The molecule has 1 N–H and O–H groups in total. The summed E-state index contributed by atoms with van der Waals surface area (Å²) in [6, 6.07) is 12.7. The van der Waals surface area contributed by atoms with Crippen molar-refractivity contribution in [3.05, 3.63) is 58.6 Å². The molecule has 0 aliphatic heterocycles. The van der Waals surface area contributed by atoms with E-state index in [0.29, 0.717) is 17.1 Å². The Balaban J connectivity index is 1.77. The molecule has 0 bridgehead atoms. The third-order valence-corrected chi connectivity index (χ3v) is 4.02. The number of para-hydroxylation sites is 1. The Bertz CT molecular complexity index is 761. The molecular formula is C19H20ClNO4. The van der Waals surface area contributed by atoms with Gasteiger partial charge in [-0.1, -0.05) is 35.9 Å². The molecule has 0 radical (unpaired) electrons. The van der Waals surface area contributed by atoms with Crippen LogP contribution in [-0.2, 0) is 20.7 Å². The number of amides is 1. The number of carbonyl (C=O) groups is 2. The number of ether oxygens (including phenoxy) is 2. The first-order valence-corrected chi connectivity index (χ1v) is 8.21. The Kier molecular flexibility index (Phi) is 6.83. The van der Waals surface area contributed by atoms with Gasteiger partial charge in [-0.15, -0.1) is 0 Å². The van der Waals surface area contributed by atoms with Crippen molar-refractivity contribution in [3.8, 4) is 5.75 Å². The number of carbonyl (C=O) groups excluding carboxylic acids is 2. The highest BCUT2D eigenvalue weighted by molar-refractivity contribution is 6.31. The monoisotopic (exact) mass is 361 g/mol. The van der Waals surface area contributed by atoms with Crippen LogP contribution in [0.1, 0.15) is 17.5 Å². The van der Waals surface area contributed by atoms with Gasteiger partial charge in [-0.25, -0.2) is 0 Å². The lowest BCUT2D eigenvalue weighted by Crippen LogP contribution is -2.21. The predicted molar refractivity (Wildman–Crippen MR) is 97.1 cm³/mol. The van der Waals surface area contributed by atoms with E-state index in [0.717, 1.165) is 16.9 Å². The summed E-state index contributed by atoms with van der Waals surface area (Å²) >= 11 is 6.00. The molecule has 132 valence electrons. The van der Waals surface area contributed by atoms with Crippen LogP contribution in [0.4, 0.5) is 5.69 Å². The molecule has 0 saturated carbocycles. The minimum absolute atomic E-state index is 0.171. The first-order valence-electron chi connectivity index (χ1n) is 7.83. The summed E-state index contributed by atoms with van der Waals surface area (Å²) in [6.45, 7) is 1.54. The van der Waals surface area contributed by atoms with Gasteiger partial charge < -0.3 is 14.8 Å². The van der Waals surface area contributed by atoms with Crippen LogP contribution < -0.4 is 10.1 Å². The lowest BCUT2D eigenvalue weighted by molar-refractivity contribution is -0.147. The molecule has 0 aromatic heterocycles. The van der Waals surface area contributed by atoms with Crippen LogP contribution in [0.5, 0.6) is 5.75 Å².